The molecule has 1 aliphatic rings. The van der Waals surface area contributed by atoms with Crippen molar-refractivity contribution in [2.75, 3.05) is 13.7 Å². The molecule has 1 atom stereocenters. The third-order valence-corrected chi connectivity index (χ3v) is 5.31. The van der Waals surface area contributed by atoms with Crippen LogP contribution in [0.5, 0.6) is 0 Å². The molecule has 5 nitrogen and oxygen atoms in total. The van der Waals surface area contributed by atoms with E-state index in [-0.39, 0.29) is 5.69 Å². The van der Waals surface area contributed by atoms with Crippen LogP contribution in [0.1, 0.15) is 35.6 Å². The van der Waals surface area contributed by atoms with Crippen LogP contribution in [0.2, 0.25) is 0 Å². The fourth-order valence-corrected chi connectivity index (χ4v) is 4.21. The van der Waals surface area contributed by atoms with Crippen LogP contribution in [0.15, 0.2) is 34.2 Å². The molecule has 1 aromatic carbocycles. The second kappa shape index (κ2) is 7.15. The fraction of sp³-hybridized carbons (Fsp3) is 0.500. The van der Waals surface area contributed by atoms with E-state index < -0.39 is 0 Å². The zero-order chi connectivity index (χ0) is 15.4. The number of benzene rings is 1. The Morgan fingerprint density at radius 2 is 2.32 bits per heavy atom. The highest BCUT2D eigenvalue weighted by molar-refractivity contribution is 7.99. The quantitative estimate of drug-likeness (QED) is 0.832. The largest absolute Gasteiger partial charge is 0.385 e. The van der Waals surface area contributed by atoms with Crippen molar-refractivity contribution in [3.8, 4) is 0 Å². The highest BCUT2D eigenvalue weighted by Crippen LogP contribution is 2.42. The lowest BCUT2D eigenvalue weighted by Crippen LogP contribution is -2.19. The van der Waals surface area contributed by atoms with E-state index in [1.54, 1.807) is 23.4 Å². The Bertz CT molecular complexity index is 680. The molecule has 6 heteroatoms. The lowest BCUT2D eigenvalue weighted by atomic mass is 9.91. The lowest BCUT2D eigenvalue weighted by molar-refractivity contribution is 0.189. The van der Waals surface area contributed by atoms with E-state index in [4.69, 9.17) is 4.74 Å². The summed E-state index contributed by atoms with van der Waals surface area (Å²) < 4.78 is 6.79. The normalized spacial score (nSPS) is 17.4. The van der Waals surface area contributed by atoms with Gasteiger partial charge in [0.2, 0.25) is 0 Å². The third-order valence-electron chi connectivity index (χ3n) is 4.02. The zero-order valence-electron chi connectivity index (χ0n) is 12.7. The topological polar surface area (TPSA) is 59.9 Å². The summed E-state index contributed by atoms with van der Waals surface area (Å²) in [5, 5.41) is 7.94. The van der Waals surface area contributed by atoms with Crippen LogP contribution in [0.3, 0.4) is 0 Å². The molecule has 0 saturated carbocycles. The Labute approximate surface area is 134 Å². The van der Waals surface area contributed by atoms with Crippen molar-refractivity contribution in [2.45, 2.75) is 42.6 Å². The summed E-state index contributed by atoms with van der Waals surface area (Å²) in [4.78, 5) is 11.9. The summed E-state index contributed by atoms with van der Waals surface area (Å²) in [6.45, 7) is 1.29. The molecule has 0 fully saturated rings. The average Bonchev–Trinajstić information content (AvgIpc) is 2.89. The van der Waals surface area contributed by atoms with Crippen LogP contribution < -0.4 is 5.69 Å². The number of H-pyrrole nitrogens is 1. The van der Waals surface area contributed by atoms with E-state index >= 15 is 0 Å². The molecule has 3 rings (SSSR count). The SMILES string of the molecule is COCCCn1c(S[C@@H]2CCCc3ccccc32)n[nH]c1=O. The van der Waals surface area contributed by atoms with Crippen LogP contribution >= 0.6 is 11.8 Å². The van der Waals surface area contributed by atoms with Gasteiger partial charge in [-0.1, -0.05) is 36.0 Å². The molecular weight excluding hydrogens is 298 g/mol. The number of thioether (sulfide) groups is 1. The molecule has 0 spiro atoms. The van der Waals surface area contributed by atoms with Crippen molar-refractivity contribution in [1.82, 2.24) is 14.8 Å². The first-order chi connectivity index (χ1) is 10.8. The standard InChI is InChI=1S/C16H21N3O2S/c1-21-11-5-10-19-15(20)17-18-16(19)22-14-9-4-7-12-6-2-3-8-13(12)14/h2-3,6,8,14H,4-5,7,9-11H2,1H3,(H,17,20)/t14-/m1/s1. The third kappa shape index (κ3) is 3.28. The van der Waals surface area contributed by atoms with Gasteiger partial charge in [-0.15, -0.1) is 5.10 Å². The van der Waals surface area contributed by atoms with Gasteiger partial charge in [-0.3, -0.25) is 4.57 Å². The number of hydrogen-bond acceptors (Lipinski definition) is 4. The van der Waals surface area contributed by atoms with Gasteiger partial charge in [0.05, 0.1) is 0 Å². The fourth-order valence-electron chi connectivity index (χ4n) is 2.92. The number of hydrogen-bond donors (Lipinski definition) is 1. The first kappa shape index (κ1) is 15.4. The highest BCUT2D eigenvalue weighted by atomic mass is 32.2. The first-order valence-electron chi connectivity index (χ1n) is 7.68. The van der Waals surface area contributed by atoms with E-state index in [0.717, 1.165) is 24.4 Å². The molecule has 0 aliphatic heterocycles. The minimum absolute atomic E-state index is 0.136. The second-order valence-electron chi connectivity index (χ2n) is 5.51. The van der Waals surface area contributed by atoms with E-state index in [0.29, 0.717) is 18.4 Å². The van der Waals surface area contributed by atoms with Crippen LogP contribution in [-0.4, -0.2) is 28.5 Å². The maximum atomic E-state index is 11.9. The van der Waals surface area contributed by atoms with Crippen molar-refractivity contribution < 1.29 is 4.74 Å². The Kier molecular flexibility index (Phi) is 5.00. The van der Waals surface area contributed by atoms with Gasteiger partial charge in [0.1, 0.15) is 0 Å². The molecule has 0 bridgehead atoms. The van der Waals surface area contributed by atoms with Crippen molar-refractivity contribution >= 4 is 11.8 Å². The Morgan fingerprint density at radius 1 is 1.45 bits per heavy atom. The van der Waals surface area contributed by atoms with E-state index in [1.165, 1.54) is 17.5 Å². The number of fused-ring (bicyclic) bond motifs is 1. The second-order valence-corrected chi connectivity index (χ2v) is 6.68. The highest BCUT2D eigenvalue weighted by Gasteiger charge is 2.23. The Hall–Kier alpha value is -1.53. The average molecular weight is 319 g/mol. The number of aryl methyl sites for hydroxylation is 1. The molecule has 0 saturated heterocycles. The summed E-state index contributed by atoms with van der Waals surface area (Å²) in [7, 11) is 1.67. The van der Waals surface area contributed by atoms with Crippen molar-refractivity contribution in [3.63, 3.8) is 0 Å². The van der Waals surface area contributed by atoms with Gasteiger partial charge >= 0.3 is 5.69 Å². The number of nitrogens with one attached hydrogen (secondary N) is 1. The van der Waals surface area contributed by atoms with Crippen molar-refractivity contribution in [1.29, 1.82) is 0 Å². The summed E-state index contributed by atoms with van der Waals surface area (Å²) in [5.41, 5.74) is 2.68. The van der Waals surface area contributed by atoms with Gasteiger partial charge in [0.15, 0.2) is 5.16 Å². The molecular formula is C16H21N3O2S. The monoisotopic (exact) mass is 319 g/mol. The molecule has 1 heterocycles. The summed E-state index contributed by atoms with van der Waals surface area (Å²) in [6, 6.07) is 8.60. The molecule has 1 aromatic heterocycles. The number of rotatable bonds is 6. The number of aromatic nitrogens is 3. The lowest BCUT2D eigenvalue weighted by Gasteiger charge is -2.24. The minimum atomic E-state index is -0.136. The van der Waals surface area contributed by atoms with E-state index in [1.807, 2.05) is 0 Å². The molecule has 1 aliphatic carbocycles. The van der Waals surface area contributed by atoms with Crippen LogP contribution in [0.4, 0.5) is 0 Å². The van der Waals surface area contributed by atoms with Gasteiger partial charge in [-0.05, 0) is 36.8 Å². The molecule has 118 valence electrons. The number of nitrogens with zero attached hydrogens (tertiary/aromatic N) is 2. The maximum absolute atomic E-state index is 11.9. The first-order valence-corrected chi connectivity index (χ1v) is 8.56. The summed E-state index contributed by atoms with van der Waals surface area (Å²) >= 11 is 1.69. The molecule has 2 aromatic rings. The van der Waals surface area contributed by atoms with Gasteiger partial charge in [-0.2, -0.15) is 0 Å². The van der Waals surface area contributed by atoms with Crippen LogP contribution in [0, 0.1) is 0 Å². The smallest absolute Gasteiger partial charge is 0.343 e. The minimum Gasteiger partial charge on any atom is -0.385 e. The number of methoxy groups -OCH3 is 1. The summed E-state index contributed by atoms with van der Waals surface area (Å²) in [6.07, 6.45) is 4.27. The van der Waals surface area contributed by atoms with E-state index in [9.17, 15) is 4.79 Å². The molecule has 0 unspecified atom stereocenters. The molecule has 0 amide bonds. The predicted octanol–water partition coefficient (Wildman–Crippen LogP) is 2.78. The van der Waals surface area contributed by atoms with Crippen molar-refractivity contribution in [3.05, 3.63) is 45.9 Å². The Morgan fingerprint density at radius 3 is 3.18 bits per heavy atom. The molecule has 1 N–H and O–H groups in total. The maximum Gasteiger partial charge on any atom is 0.343 e. The van der Waals surface area contributed by atoms with Gasteiger partial charge in [0, 0.05) is 25.5 Å². The Balaban J connectivity index is 1.78. The number of ether oxygens (including phenoxy) is 1. The molecule has 0 radical (unpaired) electrons. The van der Waals surface area contributed by atoms with Crippen molar-refractivity contribution in [2.24, 2.45) is 0 Å². The summed E-state index contributed by atoms with van der Waals surface area (Å²) in [5.74, 6) is 0. The molecule has 22 heavy (non-hydrogen) atoms. The van der Waals surface area contributed by atoms with Gasteiger partial charge < -0.3 is 4.74 Å². The van der Waals surface area contributed by atoms with Gasteiger partial charge in [0.25, 0.3) is 0 Å². The zero-order valence-corrected chi connectivity index (χ0v) is 13.6. The van der Waals surface area contributed by atoms with E-state index in [2.05, 4.69) is 34.5 Å². The van der Waals surface area contributed by atoms with Gasteiger partial charge in [-0.25, -0.2) is 9.89 Å². The van der Waals surface area contributed by atoms with Crippen LogP contribution in [0.25, 0.3) is 0 Å². The number of aromatic amines is 1. The predicted molar refractivity (Wildman–Crippen MR) is 87.3 cm³/mol. The van der Waals surface area contributed by atoms with Crippen LogP contribution in [-0.2, 0) is 17.7 Å².